The van der Waals surface area contributed by atoms with Crippen molar-refractivity contribution in [2.75, 3.05) is 11.4 Å². The molecule has 1 aliphatic rings. The number of rotatable bonds is 4. The topological polar surface area (TPSA) is 61.9 Å². The first-order valence-corrected chi connectivity index (χ1v) is 8.60. The van der Waals surface area contributed by atoms with Gasteiger partial charge in [0.05, 0.1) is 5.69 Å². The molecule has 3 heterocycles. The van der Waals surface area contributed by atoms with Gasteiger partial charge < -0.3 is 0 Å². The number of pyridine rings is 1. The van der Waals surface area contributed by atoms with Crippen molar-refractivity contribution < 1.29 is 4.79 Å². The number of amides is 1. The van der Waals surface area contributed by atoms with Gasteiger partial charge in [0, 0.05) is 41.5 Å². The van der Waals surface area contributed by atoms with E-state index < -0.39 is 0 Å². The molecule has 1 N–H and O–H groups in total. The summed E-state index contributed by atoms with van der Waals surface area (Å²) >= 11 is 5.92. The van der Waals surface area contributed by atoms with Crippen molar-refractivity contribution in [1.29, 1.82) is 0 Å². The molecule has 0 radical (unpaired) electrons. The van der Waals surface area contributed by atoms with Gasteiger partial charge in [-0.2, -0.15) is 5.10 Å². The Hall–Kier alpha value is -2.66. The summed E-state index contributed by atoms with van der Waals surface area (Å²) in [6.07, 6.45) is 5.03. The molecule has 25 heavy (non-hydrogen) atoms. The predicted molar refractivity (Wildman–Crippen MR) is 97.4 cm³/mol. The number of nitrogens with one attached hydrogen (secondary N) is 1. The lowest BCUT2D eigenvalue weighted by atomic mass is 9.98. The number of benzene rings is 1. The molecule has 1 amide bonds. The van der Waals surface area contributed by atoms with Crippen molar-refractivity contribution in [3.8, 4) is 11.3 Å². The highest BCUT2D eigenvalue weighted by molar-refractivity contribution is 6.30. The van der Waals surface area contributed by atoms with Gasteiger partial charge in [0.2, 0.25) is 5.91 Å². The lowest BCUT2D eigenvalue weighted by molar-refractivity contribution is -0.120. The molecule has 3 aromatic rings. The van der Waals surface area contributed by atoms with Crippen LogP contribution in [0.2, 0.25) is 5.02 Å². The molecular formula is C19H17ClN4O. The summed E-state index contributed by atoms with van der Waals surface area (Å²) in [6.45, 7) is 0.703. The molecule has 2 aromatic heterocycles. The molecule has 1 fully saturated rings. The fourth-order valence-corrected chi connectivity index (χ4v) is 3.32. The van der Waals surface area contributed by atoms with Crippen LogP contribution < -0.4 is 4.90 Å². The molecule has 6 heteroatoms. The Bertz CT molecular complexity index is 876. The van der Waals surface area contributed by atoms with Crippen LogP contribution in [-0.4, -0.2) is 27.6 Å². The lowest BCUT2D eigenvalue weighted by Gasteiger charge is -2.14. The van der Waals surface area contributed by atoms with Crippen LogP contribution in [0, 0.1) is 5.92 Å². The maximum Gasteiger partial charge on any atom is 0.231 e. The average molecular weight is 353 g/mol. The summed E-state index contributed by atoms with van der Waals surface area (Å²) in [5, 5.41) is 8.02. The predicted octanol–water partition coefficient (Wildman–Crippen LogP) is 3.72. The Morgan fingerprint density at radius 2 is 1.92 bits per heavy atom. The largest absolute Gasteiger partial charge is 0.297 e. The summed E-state index contributed by atoms with van der Waals surface area (Å²) in [6, 6.07) is 13.4. The second-order valence-electron chi connectivity index (χ2n) is 6.18. The maximum absolute atomic E-state index is 12.8. The summed E-state index contributed by atoms with van der Waals surface area (Å²) in [5.74, 6) is 0.879. The van der Waals surface area contributed by atoms with Gasteiger partial charge in [-0.25, -0.2) is 0 Å². The number of halogens is 1. The Balaban J connectivity index is 1.48. The molecule has 126 valence electrons. The summed E-state index contributed by atoms with van der Waals surface area (Å²) in [7, 11) is 0. The van der Waals surface area contributed by atoms with Crippen molar-refractivity contribution in [1.82, 2.24) is 15.2 Å². The van der Waals surface area contributed by atoms with Crippen LogP contribution in [0.25, 0.3) is 11.3 Å². The molecule has 0 unspecified atom stereocenters. The summed E-state index contributed by atoms with van der Waals surface area (Å²) in [5.41, 5.74) is 2.92. The van der Waals surface area contributed by atoms with E-state index in [0.29, 0.717) is 11.6 Å². The number of aromatic amines is 1. The molecule has 0 spiro atoms. The Morgan fingerprint density at radius 1 is 1.16 bits per heavy atom. The first kappa shape index (κ1) is 15.8. The van der Waals surface area contributed by atoms with E-state index in [1.165, 1.54) is 0 Å². The van der Waals surface area contributed by atoms with E-state index in [1.807, 2.05) is 42.5 Å². The van der Waals surface area contributed by atoms with Gasteiger partial charge in [0.15, 0.2) is 0 Å². The standard InChI is InChI=1S/C19H17ClN4O/c20-16-3-1-13(2-4-16)11-15-7-10-24(19(15)25)18-12-17(22-23-18)14-5-8-21-9-6-14/h1-6,8-9,12,15H,7,10-11H2,(H,22,23)/t15-/m0/s1. The number of nitrogens with zero attached hydrogens (tertiary/aromatic N) is 3. The zero-order valence-corrected chi connectivity index (χ0v) is 14.3. The molecule has 1 saturated heterocycles. The molecule has 1 aliphatic heterocycles. The van der Waals surface area contributed by atoms with Crippen LogP contribution >= 0.6 is 11.6 Å². The highest BCUT2D eigenvalue weighted by Crippen LogP contribution is 2.29. The summed E-state index contributed by atoms with van der Waals surface area (Å²) < 4.78 is 0. The molecule has 5 nitrogen and oxygen atoms in total. The minimum Gasteiger partial charge on any atom is -0.297 e. The normalized spacial score (nSPS) is 17.2. The lowest BCUT2D eigenvalue weighted by Crippen LogP contribution is -2.28. The Morgan fingerprint density at radius 3 is 2.68 bits per heavy atom. The number of anilines is 1. The van der Waals surface area contributed by atoms with Crippen molar-refractivity contribution in [3.63, 3.8) is 0 Å². The van der Waals surface area contributed by atoms with E-state index in [9.17, 15) is 4.79 Å². The van der Waals surface area contributed by atoms with Crippen molar-refractivity contribution in [2.45, 2.75) is 12.8 Å². The number of carbonyl (C=O) groups is 1. The third-order valence-corrected chi connectivity index (χ3v) is 4.79. The number of aromatic nitrogens is 3. The maximum atomic E-state index is 12.8. The second kappa shape index (κ2) is 6.69. The fourth-order valence-electron chi connectivity index (χ4n) is 3.19. The van der Waals surface area contributed by atoms with E-state index in [4.69, 9.17) is 11.6 Å². The molecule has 0 aliphatic carbocycles. The third kappa shape index (κ3) is 3.28. The quantitative estimate of drug-likeness (QED) is 0.778. The van der Waals surface area contributed by atoms with Gasteiger partial charge >= 0.3 is 0 Å². The van der Waals surface area contributed by atoms with Crippen LogP contribution in [0.15, 0.2) is 54.9 Å². The fraction of sp³-hybridized carbons (Fsp3) is 0.211. The minimum atomic E-state index is -0.00569. The zero-order valence-electron chi connectivity index (χ0n) is 13.5. The number of hydrogen-bond acceptors (Lipinski definition) is 3. The van der Waals surface area contributed by atoms with Crippen molar-refractivity contribution in [3.05, 3.63) is 65.4 Å². The van der Waals surface area contributed by atoms with Crippen LogP contribution in [0.4, 0.5) is 5.82 Å². The van der Waals surface area contributed by atoms with Gasteiger partial charge in [0.25, 0.3) is 0 Å². The SMILES string of the molecule is O=C1[C@H](Cc2ccc(Cl)cc2)CCN1c1cc(-c2ccncc2)n[nH]1. The number of H-pyrrole nitrogens is 1. The Kier molecular flexibility index (Phi) is 4.24. The molecule has 1 aromatic carbocycles. The number of hydrogen-bond donors (Lipinski definition) is 1. The first-order valence-electron chi connectivity index (χ1n) is 8.22. The molecule has 0 bridgehead atoms. The monoisotopic (exact) mass is 352 g/mol. The van der Waals surface area contributed by atoms with Crippen LogP contribution in [0.1, 0.15) is 12.0 Å². The highest BCUT2D eigenvalue weighted by Gasteiger charge is 2.33. The minimum absolute atomic E-state index is 0.00569. The highest BCUT2D eigenvalue weighted by atomic mass is 35.5. The molecule has 1 atom stereocenters. The van der Waals surface area contributed by atoms with E-state index in [1.54, 1.807) is 17.3 Å². The third-order valence-electron chi connectivity index (χ3n) is 4.54. The molecule has 0 saturated carbocycles. The van der Waals surface area contributed by atoms with E-state index in [0.717, 1.165) is 35.5 Å². The number of carbonyl (C=O) groups excluding carboxylic acids is 1. The van der Waals surface area contributed by atoms with Crippen LogP contribution in [0.3, 0.4) is 0 Å². The zero-order chi connectivity index (χ0) is 17.2. The van der Waals surface area contributed by atoms with E-state index in [-0.39, 0.29) is 11.8 Å². The van der Waals surface area contributed by atoms with Gasteiger partial charge in [-0.1, -0.05) is 23.7 Å². The van der Waals surface area contributed by atoms with E-state index in [2.05, 4.69) is 15.2 Å². The van der Waals surface area contributed by atoms with Gasteiger partial charge in [0.1, 0.15) is 5.82 Å². The van der Waals surface area contributed by atoms with Crippen molar-refractivity contribution >= 4 is 23.3 Å². The Labute approximate surface area is 150 Å². The van der Waals surface area contributed by atoms with Crippen LogP contribution in [0.5, 0.6) is 0 Å². The molecular weight excluding hydrogens is 336 g/mol. The second-order valence-corrected chi connectivity index (χ2v) is 6.62. The summed E-state index contributed by atoms with van der Waals surface area (Å²) in [4.78, 5) is 18.6. The van der Waals surface area contributed by atoms with E-state index >= 15 is 0 Å². The van der Waals surface area contributed by atoms with Gasteiger partial charge in [-0.15, -0.1) is 0 Å². The molecule has 4 rings (SSSR count). The van der Waals surface area contributed by atoms with Gasteiger partial charge in [-0.05, 0) is 42.7 Å². The van der Waals surface area contributed by atoms with Gasteiger partial charge in [-0.3, -0.25) is 19.8 Å². The van der Waals surface area contributed by atoms with Crippen LogP contribution in [-0.2, 0) is 11.2 Å². The smallest absolute Gasteiger partial charge is 0.231 e. The first-order chi connectivity index (χ1) is 12.2. The van der Waals surface area contributed by atoms with Crippen molar-refractivity contribution in [2.24, 2.45) is 5.92 Å². The average Bonchev–Trinajstić information content (AvgIpc) is 3.25.